The number of ether oxygens (including phenoxy) is 1. The number of methoxy groups -OCH3 is 1. The van der Waals surface area contributed by atoms with Gasteiger partial charge >= 0.3 is 5.97 Å². The molecule has 0 amide bonds. The zero-order valence-electron chi connectivity index (χ0n) is 16.6. The van der Waals surface area contributed by atoms with Crippen LogP contribution in [0.15, 0.2) is 57.9 Å². The lowest BCUT2D eigenvalue weighted by Gasteiger charge is -2.11. The number of benzene rings is 2. The van der Waals surface area contributed by atoms with E-state index in [2.05, 4.69) is 4.99 Å². The van der Waals surface area contributed by atoms with Crippen LogP contribution < -0.4 is 10.1 Å². The van der Waals surface area contributed by atoms with Crippen molar-refractivity contribution in [2.24, 2.45) is 10.9 Å². The minimum atomic E-state index is -0.915. The highest BCUT2D eigenvalue weighted by molar-refractivity contribution is 5.80. The summed E-state index contributed by atoms with van der Waals surface area (Å²) in [5.41, 5.74) is 2.61. The Hall–Kier alpha value is -3.08. The van der Waals surface area contributed by atoms with Crippen molar-refractivity contribution in [3.05, 3.63) is 59.5 Å². The maximum Gasteiger partial charge on any atom is 0.328 e. The van der Waals surface area contributed by atoms with Gasteiger partial charge in [0.2, 0.25) is 0 Å². The van der Waals surface area contributed by atoms with Crippen molar-refractivity contribution in [1.82, 2.24) is 0 Å². The van der Waals surface area contributed by atoms with Gasteiger partial charge in [-0.05, 0) is 55.7 Å². The second-order valence-electron chi connectivity index (χ2n) is 7.34. The van der Waals surface area contributed by atoms with Crippen LogP contribution in [0.2, 0.25) is 0 Å². The topological polar surface area (TPSA) is 72.0 Å². The molecule has 0 radical (unpaired) electrons. The van der Waals surface area contributed by atoms with E-state index in [1.807, 2.05) is 69.3 Å². The van der Waals surface area contributed by atoms with Gasteiger partial charge in [-0.15, -0.1) is 0 Å². The Labute approximate surface area is 164 Å². The van der Waals surface area contributed by atoms with Crippen LogP contribution in [0.3, 0.4) is 0 Å². The summed E-state index contributed by atoms with van der Waals surface area (Å²) < 4.78 is 11.3. The molecule has 3 aromatic rings. The molecule has 0 aliphatic rings. The zero-order valence-corrected chi connectivity index (χ0v) is 16.6. The summed E-state index contributed by atoms with van der Waals surface area (Å²) in [6.07, 6.45) is 0.479. The minimum Gasteiger partial charge on any atom is -0.497 e. The second-order valence-corrected chi connectivity index (χ2v) is 7.34. The molecule has 0 spiro atoms. The quantitative estimate of drug-likeness (QED) is 0.667. The zero-order chi connectivity index (χ0) is 20.3. The molecule has 1 aromatic heterocycles. The minimum absolute atomic E-state index is 0.229. The van der Waals surface area contributed by atoms with Gasteiger partial charge in [0.25, 0.3) is 0 Å². The first-order chi connectivity index (χ1) is 13.4. The second kappa shape index (κ2) is 8.30. The number of nitrogens with zero attached hydrogens (tertiary/aromatic N) is 1. The van der Waals surface area contributed by atoms with E-state index in [4.69, 9.17) is 9.15 Å². The van der Waals surface area contributed by atoms with Crippen LogP contribution in [0.5, 0.6) is 5.75 Å². The third-order valence-corrected chi connectivity index (χ3v) is 4.55. The van der Waals surface area contributed by atoms with E-state index in [9.17, 15) is 9.90 Å². The van der Waals surface area contributed by atoms with E-state index in [0.29, 0.717) is 23.1 Å². The van der Waals surface area contributed by atoms with Crippen LogP contribution in [0.1, 0.15) is 25.8 Å². The Bertz CT molecular complexity index is 1050. The standard InChI is InChI=1S/C23H25NO4/c1-14(2)11-20(23(25)26)24-19-13-22(16-6-8-17(27-4)9-7-16)28-21-10-5-15(3)12-18(19)21/h5-10,12-14,20H,11H2,1-4H3,(H,25,26)/t20-/m0/s1. The van der Waals surface area contributed by atoms with Crippen molar-refractivity contribution in [3.8, 4) is 17.1 Å². The molecule has 1 atom stereocenters. The van der Waals surface area contributed by atoms with Gasteiger partial charge in [-0.3, -0.25) is 4.99 Å². The number of rotatable bonds is 6. The number of carboxylic acid groups (broad SMARTS) is 1. The molecule has 5 heteroatoms. The summed E-state index contributed by atoms with van der Waals surface area (Å²) in [5.74, 6) is 0.702. The predicted octanol–water partition coefficient (Wildman–Crippen LogP) is 4.82. The molecular weight excluding hydrogens is 354 g/mol. The molecule has 5 nitrogen and oxygen atoms in total. The normalized spacial score (nSPS) is 13.1. The summed E-state index contributed by atoms with van der Waals surface area (Å²) in [6, 6.07) is 14.4. The van der Waals surface area contributed by atoms with Crippen molar-refractivity contribution in [1.29, 1.82) is 0 Å². The first kappa shape index (κ1) is 19.7. The largest absolute Gasteiger partial charge is 0.497 e. The Morgan fingerprint density at radius 1 is 1.14 bits per heavy atom. The summed E-state index contributed by atoms with van der Waals surface area (Å²) in [4.78, 5) is 16.3. The lowest BCUT2D eigenvalue weighted by atomic mass is 10.0. The van der Waals surface area contributed by atoms with Crippen LogP contribution in [0, 0.1) is 12.8 Å². The Morgan fingerprint density at radius 3 is 2.46 bits per heavy atom. The Kier molecular flexibility index (Phi) is 5.83. The van der Waals surface area contributed by atoms with Crippen molar-refractivity contribution < 1.29 is 19.1 Å². The number of carboxylic acids is 1. The van der Waals surface area contributed by atoms with Crippen LogP contribution in [-0.4, -0.2) is 24.2 Å². The van der Waals surface area contributed by atoms with Crippen molar-refractivity contribution >= 4 is 16.9 Å². The Balaban J connectivity index is 2.22. The highest BCUT2D eigenvalue weighted by atomic mass is 16.5. The molecule has 1 N–H and O–H groups in total. The molecule has 0 saturated carbocycles. The number of hydrogen-bond donors (Lipinski definition) is 1. The molecule has 3 rings (SSSR count). The van der Waals surface area contributed by atoms with Gasteiger partial charge < -0.3 is 14.3 Å². The van der Waals surface area contributed by atoms with Gasteiger partial charge in [0, 0.05) is 17.0 Å². The lowest BCUT2D eigenvalue weighted by Crippen LogP contribution is -2.23. The number of aryl methyl sites for hydroxylation is 1. The third kappa shape index (κ3) is 4.42. The van der Waals surface area contributed by atoms with Crippen LogP contribution in [0.4, 0.5) is 0 Å². The number of hydrogen-bond acceptors (Lipinski definition) is 4. The van der Waals surface area contributed by atoms with Gasteiger partial charge in [-0.2, -0.15) is 0 Å². The van der Waals surface area contributed by atoms with E-state index in [0.717, 1.165) is 22.3 Å². The van der Waals surface area contributed by atoms with Gasteiger partial charge in [0.1, 0.15) is 23.1 Å². The highest BCUT2D eigenvalue weighted by Gasteiger charge is 2.18. The van der Waals surface area contributed by atoms with Crippen molar-refractivity contribution in [2.75, 3.05) is 7.11 Å². The smallest absolute Gasteiger partial charge is 0.328 e. The summed E-state index contributed by atoms with van der Waals surface area (Å²) in [6.45, 7) is 5.98. The molecule has 146 valence electrons. The van der Waals surface area contributed by atoms with E-state index in [-0.39, 0.29) is 5.92 Å². The fourth-order valence-corrected chi connectivity index (χ4v) is 3.11. The predicted molar refractivity (Wildman–Crippen MR) is 109 cm³/mol. The lowest BCUT2D eigenvalue weighted by molar-refractivity contribution is -0.138. The number of fused-ring (bicyclic) bond motifs is 1. The molecule has 0 fully saturated rings. The monoisotopic (exact) mass is 379 g/mol. The molecule has 28 heavy (non-hydrogen) atoms. The fourth-order valence-electron chi connectivity index (χ4n) is 3.11. The molecule has 1 heterocycles. The van der Waals surface area contributed by atoms with E-state index < -0.39 is 12.0 Å². The van der Waals surface area contributed by atoms with Gasteiger partial charge in [0.15, 0.2) is 0 Å². The van der Waals surface area contributed by atoms with Crippen molar-refractivity contribution in [3.63, 3.8) is 0 Å². The SMILES string of the molecule is COc1ccc(-c2cc(=N[C@@H](CC(C)C)C(=O)O)c3cc(C)ccc3o2)cc1. The molecule has 2 aromatic carbocycles. The first-order valence-corrected chi connectivity index (χ1v) is 9.33. The van der Waals surface area contributed by atoms with Crippen LogP contribution in [0.25, 0.3) is 22.3 Å². The van der Waals surface area contributed by atoms with Gasteiger partial charge in [-0.25, -0.2) is 4.79 Å². The van der Waals surface area contributed by atoms with Gasteiger partial charge in [-0.1, -0.05) is 25.5 Å². The summed E-state index contributed by atoms with van der Waals surface area (Å²) in [5, 5.41) is 11.1. The molecule has 0 aliphatic heterocycles. The molecule has 0 aliphatic carbocycles. The highest BCUT2D eigenvalue weighted by Crippen LogP contribution is 2.25. The average molecular weight is 379 g/mol. The van der Waals surface area contributed by atoms with Crippen LogP contribution >= 0.6 is 0 Å². The average Bonchev–Trinajstić information content (AvgIpc) is 2.67. The molecule has 0 unspecified atom stereocenters. The van der Waals surface area contributed by atoms with E-state index in [1.54, 1.807) is 7.11 Å². The number of carbonyl (C=O) groups is 1. The fraction of sp³-hybridized carbons (Fsp3) is 0.304. The Morgan fingerprint density at radius 2 is 1.86 bits per heavy atom. The van der Waals surface area contributed by atoms with Crippen molar-refractivity contribution in [2.45, 2.75) is 33.2 Å². The van der Waals surface area contributed by atoms with Crippen LogP contribution in [-0.2, 0) is 4.79 Å². The summed E-state index contributed by atoms with van der Waals surface area (Å²) >= 11 is 0. The molecule has 0 bridgehead atoms. The van der Waals surface area contributed by atoms with E-state index in [1.165, 1.54) is 0 Å². The van der Waals surface area contributed by atoms with Gasteiger partial charge in [0.05, 0.1) is 12.5 Å². The molecule has 0 saturated heterocycles. The number of aliphatic carboxylic acids is 1. The molecular formula is C23H25NO4. The van der Waals surface area contributed by atoms with E-state index >= 15 is 0 Å². The first-order valence-electron chi connectivity index (χ1n) is 9.33. The third-order valence-electron chi connectivity index (χ3n) is 4.55. The maximum absolute atomic E-state index is 11.7. The summed E-state index contributed by atoms with van der Waals surface area (Å²) in [7, 11) is 1.62. The maximum atomic E-state index is 11.7.